The summed E-state index contributed by atoms with van der Waals surface area (Å²) in [5.74, 6) is 0.0674. The largest absolute Gasteiger partial charge is 0.335 e. The number of thiazole rings is 1. The van der Waals surface area contributed by atoms with Crippen LogP contribution in [-0.2, 0) is 0 Å². The Kier molecular flexibility index (Phi) is 5.68. The van der Waals surface area contributed by atoms with Crippen molar-refractivity contribution in [2.24, 2.45) is 0 Å². The Hall–Kier alpha value is -1.14. The maximum atomic E-state index is 12.9. The fourth-order valence-corrected chi connectivity index (χ4v) is 4.53. The quantitative estimate of drug-likeness (QED) is 0.759. The summed E-state index contributed by atoms with van der Waals surface area (Å²) in [6.45, 7) is 9.60. The summed E-state index contributed by atoms with van der Waals surface area (Å²) in [5.41, 5.74) is 1.60. The van der Waals surface area contributed by atoms with Crippen LogP contribution in [0.15, 0.2) is 18.2 Å². The molecular weight excluding hydrogens is 377 g/mol. The Balaban J connectivity index is 1.79. The van der Waals surface area contributed by atoms with E-state index in [0.717, 1.165) is 42.4 Å². The highest BCUT2D eigenvalue weighted by atomic mass is 35.5. The summed E-state index contributed by atoms with van der Waals surface area (Å²) in [6, 6.07) is 5.84. The van der Waals surface area contributed by atoms with Crippen LogP contribution < -0.4 is 0 Å². The smallest absolute Gasteiger partial charge is 0.265 e. The Morgan fingerprint density at radius 3 is 2.28 bits per heavy atom. The monoisotopic (exact) mass is 397 g/mol. The number of piperazine rings is 1. The molecular formula is C18H21Cl2N3OS. The molecule has 0 radical (unpaired) electrons. The van der Waals surface area contributed by atoms with Crippen LogP contribution in [0.25, 0.3) is 10.6 Å². The second-order valence-electron chi connectivity index (χ2n) is 6.51. The molecule has 2 heterocycles. The lowest BCUT2D eigenvalue weighted by atomic mass is 10.2. The zero-order valence-corrected chi connectivity index (χ0v) is 16.9. The molecule has 3 rings (SSSR count). The van der Waals surface area contributed by atoms with Crippen molar-refractivity contribution in [1.82, 2.24) is 14.8 Å². The molecule has 25 heavy (non-hydrogen) atoms. The van der Waals surface area contributed by atoms with Crippen molar-refractivity contribution in [2.45, 2.75) is 26.8 Å². The van der Waals surface area contributed by atoms with E-state index in [1.54, 1.807) is 6.07 Å². The highest BCUT2D eigenvalue weighted by Gasteiger charge is 2.26. The van der Waals surface area contributed by atoms with Gasteiger partial charge in [0.15, 0.2) is 0 Å². The average Bonchev–Trinajstić information content (AvgIpc) is 2.95. The van der Waals surface area contributed by atoms with Gasteiger partial charge in [0.05, 0.1) is 5.69 Å². The zero-order chi connectivity index (χ0) is 18.1. The predicted molar refractivity (Wildman–Crippen MR) is 105 cm³/mol. The van der Waals surface area contributed by atoms with Crippen molar-refractivity contribution in [3.63, 3.8) is 0 Å². The van der Waals surface area contributed by atoms with Gasteiger partial charge in [-0.3, -0.25) is 9.69 Å². The van der Waals surface area contributed by atoms with E-state index in [-0.39, 0.29) is 5.91 Å². The number of aromatic nitrogens is 1. The predicted octanol–water partition coefficient (Wildman–Crippen LogP) is 4.59. The lowest BCUT2D eigenvalue weighted by Gasteiger charge is -2.36. The van der Waals surface area contributed by atoms with Crippen LogP contribution in [0.5, 0.6) is 0 Å². The molecule has 1 amide bonds. The number of hydrogen-bond donors (Lipinski definition) is 0. The Labute approximate surface area is 162 Å². The highest BCUT2D eigenvalue weighted by molar-refractivity contribution is 7.17. The fraction of sp³-hybridized carbons (Fsp3) is 0.444. The number of aryl methyl sites for hydroxylation is 1. The molecule has 0 aliphatic carbocycles. The van der Waals surface area contributed by atoms with Crippen molar-refractivity contribution < 1.29 is 4.79 Å². The van der Waals surface area contributed by atoms with E-state index in [2.05, 4.69) is 23.7 Å². The van der Waals surface area contributed by atoms with Crippen LogP contribution in [0.2, 0.25) is 10.0 Å². The molecule has 0 bridgehead atoms. The second kappa shape index (κ2) is 7.62. The first kappa shape index (κ1) is 18.6. The number of carbonyl (C=O) groups excluding carboxylic acids is 1. The van der Waals surface area contributed by atoms with Gasteiger partial charge in [-0.05, 0) is 39.0 Å². The molecule has 0 atom stereocenters. The van der Waals surface area contributed by atoms with Crippen LogP contribution >= 0.6 is 34.5 Å². The van der Waals surface area contributed by atoms with E-state index in [1.807, 2.05) is 24.0 Å². The molecule has 0 N–H and O–H groups in total. The lowest BCUT2D eigenvalue weighted by molar-refractivity contribution is 0.0599. The van der Waals surface area contributed by atoms with Crippen molar-refractivity contribution in [1.29, 1.82) is 0 Å². The van der Waals surface area contributed by atoms with E-state index in [9.17, 15) is 4.79 Å². The van der Waals surface area contributed by atoms with Crippen molar-refractivity contribution in [2.75, 3.05) is 26.2 Å². The van der Waals surface area contributed by atoms with E-state index >= 15 is 0 Å². The summed E-state index contributed by atoms with van der Waals surface area (Å²) in [6.07, 6.45) is 0. The van der Waals surface area contributed by atoms with Gasteiger partial charge >= 0.3 is 0 Å². The van der Waals surface area contributed by atoms with Gasteiger partial charge < -0.3 is 4.90 Å². The normalized spacial score (nSPS) is 15.8. The molecule has 0 saturated carbocycles. The first-order valence-corrected chi connectivity index (χ1v) is 9.89. The minimum Gasteiger partial charge on any atom is -0.335 e. The van der Waals surface area contributed by atoms with Crippen LogP contribution in [0.4, 0.5) is 0 Å². The standard InChI is InChI=1S/C18H21Cl2N3OS/c1-11(2)22-4-6-23(7-5-22)18(24)16-12(3)21-17(25-16)13-8-14(19)10-15(20)9-13/h8-11H,4-7H2,1-3H3. The minimum atomic E-state index is 0.0674. The molecule has 4 nitrogen and oxygen atoms in total. The number of hydrogen-bond acceptors (Lipinski definition) is 4. The summed E-state index contributed by atoms with van der Waals surface area (Å²) >= 11 is 13.6. The van der Waals surface area contributed by atoms with Gasteiger partial charge in [0.2, 0.25) is 0 Å². The third-order valence-corrected chi connectivity index (χ3v) is 6.06. The van der Waals surface area contributed by atoms with E-state index < -0.39 is 0 Å². The van der Waals surface area contributed by atoms with E-state index in [4.69, 9.17) is 23.2 Å². The van der Waals surface area contributed by atoms with Crippen molar-refractivity contribution in [3.8, 4) is 10.6 Å². The zero-order valence-electron chi connectivity index (χ0n) is 14.6. The van der Waals surface area contributed by atoms with Crippen LogP contribution in [-0.4, -0.2) is 52.9 Å². The highest BCUT2D eigenvalue weighted by Crippen LogP contribution is 2.32. The maximum Gasteiger partial charge on any atom is 0.265 e. The second-order valence-corrected chi connectivity index (χ2v) is 8.39. The van der Waals surface area contributed by atoms with Gasteiger partial charge in [-0.1, -0.05) is 23.2 Å². The number of halogens is 2. The fourth-order valence-electron chi connectivity index (χ4n) is 2.98. The topological polar surface area (TPSA) is 36.4 Å². The molecule has 2 aromatic rings. The Morgan fingerprint density at radius 1 is 1.12 bits per heavy atom. The molecule has 0 unspecified atom stereocenters. The molecule has 1 aliphatic rings. The van der Waals surface area contributed by atoms with E-state index in [1.165, 1.54) is 11.3 Å². The lowest BCUT2D eigenvalue weighted by Crippen LogP contribution is -2.50. The van der Waals surface area contributed by atoms with Gasteiger partial charge in [0.1, 0.15) is 9.88 Å². The summed E-state index contributed by atoms with van der Waals surface area (Å²) < 4.78 is 0. The van der Waals surface area contributed by atoms with Gasteiger partial charge in [0.25, 0.3) is 5.91 Å². The SMILES string of the molecule is Cc1nc(-c2cc(Cl)cc(Cl)c2)sc1C(=O)N1CCN(C(C)C)CC1. The molecule has 1 saturated heterocycles. The third-order valence-electron chi connectivity index (χ3n) is 4.43. The van der Waals surface area contributed by atoms with Crippen molar-refractivity contribution >= 4 is 40.4 Å². The average molecular weight is 398 g/mol. The van der Waals surface area contributed by atoms with Gasteiger partial charge in [-0.2, -0.15) is 0 Å². The molecule has 1 fully saturated rings. The molecule has 7 heteroatoms. The molecule has 134 valence electrons. The molecule has 1 aliphatic heterocycles. The minimum absolute atomic E-state index is 0.0674. The van der Waals surface area contributed by atoms with Gasteiger partial charge in [0, 0.05) is 47.8 Å². The molecule has 1 aromatic heterocycles. The van der Waals surface area contributed by atoms with Crippen LogP contribution in [0.3, 0.4) is 0 Å². The van der Waals surface area contributed by atoms with Crippen LogP contribution in [0.1, 0.15) is 29.2 Å². The maximum absolute atomic E-state index is 12.9. The number of rotatable bonds is 3. The van der Waals surface area contributed by atoms with Crippen LogP contribution in [0, 0.1) is 6.92 Å². The Bertz CT molecular complexity index is 762. The third kappa shape index (κ3) is 4.17. The molecule has 1 aromatic carbocycles. The van der Waals surface area contributed by atoms with Gasteiger partial charge in [-0.25, -0.2) is 4.98 Å². The van der Waals surface area contributed by atoms with E-state index in [0.29, 0.717) is 21.0 Å². The number of carbonyl (C=O) groups is 1. The summed E-state index contributed by atoms with van der Waals surface area (Å²) in [7, 11) is 0. The number of amides is 1. The van der Waals surface area contributed by atoms with Crippen molar-refractivity contribution in [3.05, 3.63) is 38.8 Å². The number of benzene rings is 1. The summed E-state index contributed by atoms with van der Waals surface area (Å²) in [4.78, 5) is 22.5. The summed E-state index contributed by atoms with van der Waals surface area (Å²) in [5, 5.41) is 1.90. The number of nitrogens with zero attached hydrogens (tertiary/aromatic N) is 3. The Morgan fingerprint density at radius 2 is 1.72 bits per heavy atom. The first-order chi connectivity index (χ1) is 11.8. The first-order valence-electron chi connectivity index (χ1n) is 8.32. The molecule has 0 spiro atoms. The van der Waals surface area contributed by atoms with Gasteiger partial charge in [-0.15, -0.1) is 11.3 Å².